The highest BCUT2D eigenvalue weighted by molar-refractivity contribution is 4.84. The summed E-state index contributed by atoms with van der Waals surface area (Å²) >= 11 is 0. The number of nitrogens with two attached hydrogens (primary N) is 1. The van der Waals surface area contributed by atoms with Crippen molar-refractivity contribution in [3.8, 4) is 0 Å². The van der Waals surface area contributed by atoms with Gasteiger partial charge in [0.15, 0.2) is 0 Å². The van der Waals surface area contributed by atoms with E-state index in [1.54, 1.807) is 0 Å². The Morgan fingerprint density at radius 3 is 2.57 bits per heavy atom. The van der Waals surface area contributed by atoms with Crippen molar-refractivity contribution in [1.29, 1.82) is 0 Å². The molecular weight excluding hydrogens is 176 g/mol. The van der Waals surface area contributed by atoms with Crippen LogP contribution in [0.2, 0.25) is 0 Å². The van der Waals surface area contributed by atoms with Crippen LogP contribution in [0.25, 0.3) is 0 Å². The molecule has 1 fully saturated rings. The van der Waals surface area contributed by atoms with E-state index in [0.717, 1.165) is 32.0 Å². The molecule has 84 valence electrons. The Hall–Kier alpha value is -0.120. The molecule has 3 N–H and O–H groups in total. The number of aliphatic hydroxyl groups is 1. The first-order chi connectivity index (χ1) is 6.83. The molecule has 1 aliphatic rings. The van der Waals surface area contributed by atoms with Gasteiger partial charge in [0, 0.05) is 18.6 Å². The van der Waals surface area contributed by atoms with Crippen LogP contribution in [0.15, 0.2) is 0 Å². The lowest BCUT2D eigenvalue weighted by molar-refractivity contribution is 0.0552. The fourth-order valence-electron chi connectivity index (χ4n) is 2.29. The molecule has 14 heavy (non-hydrogen) atoms. The van der Waals surface area contributed by atoms with Crippen LogP contribution in [0, 0.1) is 0 Å². The van der Waals surface area contributed by atoms with Gasteiger partial charge in [0.25, 0.3) is 0 Å². The molecule has 0 amide bonds. The van der Waals surface area contributed by atoms with E-state index in [1.165, 1.54) is 19.3 Å². The van der Waals surface area contributed by atoms with E-state index >= 15 is 0 Å². The Labute approximate surface area is 87.3 Å². The van der Waals surface area contributed by atoms with Crippen LogP contribution in [0.3, 0.4) is 0 Å². The minimum absolute atomic E-state index is 0.275. The monoisotopic (exact) mass is 200 g/mol. The van der Waals surface area contributed by atoms with Crippen LogP contribution in [0.1, 0.15) is 39.0 Å². The normalized spacial score (nSPS) is 19.7. The zero-order valence-electron chi connectivity index (χ0n) is 9.28. The molecule has 1 rings (SSSR count). The third-order valence-corrected chi connectivity index (χ3v) is 3.34. The largest absolute Gasteiger partial charge is 0.395 e. The predicted molar refractivity (Wildman–Crippen MR) is 59.2 cm³/mol. The number of nitrogens with zero attached hydrogens (tertiary/aromatic N) is 1. The van der Waals surface area contributed by atoms with Gasteiger partial charge in [-0.15, -0.1) is 0 Å². The molecule has 1 unspecified atom stereocenters. The zero-order chi connectivity index (χ0) is 10.4. The minimum Gasteiger partial charge on any atom is -0.395 e. The molecule has 0 saturated heterocycles. The van der Waals surface area contributed by atoms with Gasteiger partial charge in [0.2, 0.25) is 0 Å². The van der Waals surface area contributed by atoms with Gasteiger partial charge in [-0.2, -0.15) is 0 Å². The van der Waals surface area contributed by atoms with Crippen molar-refractivity contribution in [1.82, 2.24) is 4.90 Å². The van der Waals surface area contributed by atoms with Gasteiger partial charge in [-0.25, -0.2) is 0 Å². The molecular formula is C11H24N2O. The fourth-order valence-corrected chi connectivity index (χ4v) is 2.29. The molecule has 0 aliphatic heterocycles. The Morgan fingerprint density at radius 1 is 1.50 bits per heavy atom. The first-order valence-electron chi connectivity index (χ1n) is 5.90. The molecule has 0 aromatic rings. The smallest absolute Gasteiger partial charge is 0.0558 e. The van der Waals surface area contributed by atoms with Gasteiger partial charge < -0.3 is 10.8 Å². The third-order valence-electron chi connectivity index (χ3n) is 3.34. The lowest BCUT2D eigenvalue weighted by atomic mass is 9.89. The number of hydrogen-bond donors (Lipinski definition) is 2. The van der Waals surface area contributed by atoms with Crippen molar-refractivity contribution in [2.75, 3.05) is 19.7 Å². The lowest BCUT2D eigenvalue weighted by Crippen LogP contribution is -2.48. The minimum atomic E-state index is 0.275. The highest BCUT2D eigenvalue weighted by Gasteiger charge is 2.28. The average molecular weight is 200 g/mol. The van der Waals surface area contributed by atoms with Gasteiger partial charge >= 0.3 is 0 Å². The van der Waals surface area contributed by atoms with Gasteiger partial charge in [0.1, 0.15) is 0 Å². The molecule has 3 heteroatoms. The highest BCUT2D eigenvalue weighted by Crippen LogP contribution is 2.27. The summed E-state index contributed by atoms with van der Waals surface area (Å²) in [4.78, 5) is 2.47. The number of aliphatic hydroxyl groups excluding tert-OH is 1. The fraction of sp³-hybridized carbons (Fsp3) is 1.00. The molecule has 0 spiro atoms. The van der Waals surface area contributed by atoms with Gasteiger partial charge in [-0.1, -0.05) is 13.3 Å². The predicted octanol–water partition coefficient (Wildman–Crippen LogP) is 0.961. The molecule has 0 radical (unpaired) electrons. The summed E-state index contributed by atoms with van der Waals surface area (Å²) in [5.41, 5.74) is 5.61. The Bertz CT molecular complexity index is 148. The first-order valence-corrected chi connectivity index (χ1v) is 5.90. The maximum atomic E-state index is 9.04. The van der Waals surface area contributed by atoms with Crippen LogP contribution >= 0.6 is 0 Å². The first kappa shape index (κ1) is 12.0. The second-order valence-electron chi connectivity index (χ2n) is 4.19. The van der Waals surface area contributed by atoms with Crippen molar-refractivity contribution in [3.63, 3.8) is 0 Å². The number of hydrogen-bond acceptors (Lipinski definition) is 3. The molecule has 3 nitrogen and oxygen atoms in total. The summed E-state index contributed by atoms with van der Waals surface area (Å²) in [6.45, 7) is 4.07. The van der Waals surface area contributed by atoms with Crippen molar-refractivity contribution in [2.45, 2.75) is 51.1 Å². The lowest BCUT2D eigenvalue weighted by Gasteiger charge is -2.42. The molecule has 1 saturated carbocycles. The summed E-state index contributed by atoms with van der Waals surface area (Å²) < 4.78 is 0. The molecule has 0 heterocycles. The summed E-state index contributed by atoms with van der Waals surface area (Å²) in [5.74, 6) is 0. The highest BCUT2D eigenvalue weighted by atomic mass is 16.3. The van der Waals surface area contributed by atoms with Crippen molar-refractivity contribution >= 4 is 0 Å². The van der Waals surface area contributed by atoms with Crippen molar-refractivity contribution in [3.05, 3.63) is 0 Å². The van der Waals surface area contributed by atoms with Crippen LogP contribution in [0.4, 0.5) is 0 Å². The zero-order valence-corrected chi connectivity index (χ0v) is 9.28. The van der Waals surface area contributed by atoms with E-state index in [-0.39, 0.29) is 6.61 Å². The molecule has 0 aromatic carbocycles. The SMILES string of the molecule is CCC(CCN)N(CCO)C1CCC1. The van der Waals surface area contributed by atoms with Crippen LogP contribution in [-0.4, -0.2) is 41.8 Å². The molecule has 0 aromatic heterocycles. The van der Waals surface area contributed by atoms with Gasteiger partial charge in [0.05, 0.1) is 6.61 Å². The van der Waals surface area contributed by atoms with Gasteiger partial charge in [-0.05, 0) is 32.2 Å². The van der Waals surface area contributed by atoms with E-state index < -0.39 is 0 Å². The summed E-state index contributed by atoms with van der Waals surface area (Å²) in [7, 11) is 0. The Morgan fingerprint density at radius 2 is 2.21 bits per heavy atom. The second-order valence-corrected chi connectivity index (χ2v) is 4.19. The summed E-state index contributed by atoms with van der Waals surface area (Å²) in [6.07, 6.45) is 6.18. The second kappa shape index (κ2) is 6.38. The van der Waals surface area contributed by atoms with Crippen LogP contribution < -0.4 is 5.73 Å². The maximum Gasteiger partial charge on any atom is 0.0558 e. The molecule has 1 atom stereocenters. The van der Waals surface area contributed by atoms with Crippen molar-refractivity contribution < 1.29 is 5.11 Å². The summed E-state index contributed by atoms with van der Waals surface area (Å²) in [5, 5.41) is 9.04. The Balaban J connectivity index is 2.44. The van der Waals surface area contributed by atoms with E-state index in [2.05, 4.69) is 11.8 Å². The van der Waals surface area contributed by atoms with E-state index in [1.807, 2.05) is 0 Å². The van der Waals surface area contributed by atoms with E-state index in [0.29, 0.717) is 6.04 Å². The van der Waals surface area contributed by atoms with Gasteiger partial charge in [-0.3, -0.25) is 4.90 Å². The standard InChI is InChI=1S/C11H24N2O/c1-2-10(6-7-12)13(8-9-14)11-4-3-5-11/h10-11,14H,2-9,12H2,1H3. The molecule has 0 bridgehead atoms. The number of rotatable bonds is 7. The average Bonchev–Trinajstić information content (AvgIpc) is 2.11. The van der Waals surface area contributed by atoms with Crippen LogP contribution in [-0.2, 0) is 0 Å². The molecule has 1 aliphatic carbocycles. The van der Waals surface area contributed by atoms with Crippen LogP contribution in [0.5, 0.6) is 0 Å². The van der Waals surface area contributed by atoms with E-state index in [9.17, 15) is 0 Å². The quantitative estimate of drug-likeness (QED) is 0.643. The topological polar surface area (TPSA) is 49.5 Å². The van der Waals surface area contributed by atoms with Crippen molar-refractivity contribution in [2.24, 2.45) is 5.73 Å². The van der Waals surface area contributed by atoms with E-state index in [4.69, 9.17) is 10.8 Å². The Kier molecular flexibility index (Phi) is 5.45. The third kappa shape index (κ3) is 2.94. The summed E-state index contributed by atoms with van der Waals surface area (Å²) in [6, 6.07) is 1.30. The maximum absolute atomic E-state index is 9.04.